The molecule has 6 rings (SSSR count). The number of nitrogens with zero attached hydrogens (tertiary/aromatic N) is 2. The molecule has 0 radical (unpaired) electrons. The number of rotatable bonds is 18. The minimum Gasteiger partial charge on any atom is -0.508 e. The Kier molecular flexibility index (Phi) is 16.4. The first-order valence-corrected chi connectivity index (χ1v) is 22.8. The fourth-order valence-corrected chi connectivity index (χ4v) is 8.70. The summed E-state index contributed by atoms with van der Waals surface area (Å²) < 4.78 is 5.93. The number of ether oxygens (including phenoxy) is 1. The van der Waals surface area contributed by atoms with E-state index in [9.17, 15) is 29.4 Å². The van der Waals surface area contributed by atoms with Crippen LogP contribution in [0.1, 0.15) is 74.4 Å². The Morgan fingerprint density at radius 2 is 1.52 bits per heavy atom. The number of β-amino-alcohol motifs (C(OH)–C–C–N with tert-alkyl or cyclic N) is 1. The molecule has 5 aromatic rings. The molecule has 336 valence electrons. The van der Waals surface area contributed by atoms with Gasteiger partial charge in [-0.2, -0.15) is 0 Å². The molecule has 1 aliphatic rings. The summed E-state index contributed by atoms with van der Waals surface area (Å²) in [6, 6.07) is 30.7. The molecule has 12 nitrogen and oxygen atoms in total. The summed E-state index contributed by atoms with van der Waals surface area (Å²) in [5, 5.41) is 29.1. The number of allylic oxidation sites excluding steroid dienone is 1. The van der Waals surface area contributed by atoms with Crippen LogP contribution in [-0.4, -0.2) is 87.5 Å². The van der Waals surface area contributed by atoms with Crippen molar-refractivity contribution in [1.29, 1.82) is 0 Å². The molecule has 1 fully saturated rings. The van der Waals surface area contributed by atoms with E-state index in [1.54, 1.807) is 29.0 Å². The van der Waals surface area contributed by atoms with Crippen LogP contribution in [0.4, 0.5) is 0 Å². The van der Waals surface area contributed by atoms with Gasteiger partial charge in [0.2, 0.25) is 23.6 Å². The standard InChI is InChI=1S/C50H56ClN5O7S/c1-32-46(64-31-54-32)37-12-10-33(11-13-37)29-53-48(61)42-28-39(58)30-56(42)49(62)47(50(2,3)4)55-44(60)23-22-43(59)52-26-27-63-40-20-16-36(17-21-40)45(35-14-18-38(57)19-15-35)41(24-25-51)34-8-6-5-7-9-34/h5-21,31,39,42,47,57-58H,22-30H2,1-4H3,(H,52,59)(H,53,61)(H,55,60)/t39-,42+,47-/m1/s1. The number of aliphatic hydroxyl groups excluding tert-OH is 1. The number of carbonyl (C=O) groups excluding carboxylic acids is 4. The molecule has 1 saturated heterocycles. The molecule has 4 amide bonds. The number of aromatic nitrogens is 1. The molecule has 5 N–H and O–H groups in total. The summed E-state index contributed by atoms with van der Waals surface area (Å²) in [7, 11) is 0. The molecule has 1 aliphatic heterocycles. The van der Waals surface area contributed by atoms with Crippen molar-refractivity contribution >= 4 is 57.7 Å². The first-order valence-electron chi connectivity index (χ1n) is 21.4. The zero-order chi connectivity index (χ0) is 45.8. The number of thiazole rings is 1. The normalized spacial score (nSPS) is 15.8. The average Bonchev–Trinajstić information content (AvgIpc) is 3.91. The molecule has 4 aromatic carbocycles. The van der Waals surface area contributed by atoms with Gasteiger partial charge in [0.05, 0.1) is 28.7 Å². The summed E-state index contributed by atoms with van der Waals surface area (Å²) in [4.78, 5) is 60.2. The number of hydrogen-bond acceptors (Lipinski definition) is 9. The molecule has 64 heavy (non-hydrogen) atoms. The van der Waals surface area contributed by atoms with Crippen molar-refractivity contribution in [1.82, 2.24) is 25.8 Å². The number of aliphatic hydroxyl groups is 1. The zero-order valence-corrected chi connectivity index (χ0v) is 38.2. The van der Waals surface area contributed by atoms with Crippen LogP contribution in [0, 0.1) is 12.3 Å². The van der Waals surface area contributed by atoms with Crippen LogP contribution in [-0.2, 0) is 25.7 Å². The Balaban J connectivity index is 0.979. The smallest absolute Gasteiger partial charge is 0.246 e. The van der Waals surface area contributed by atoms with Crippen molar-refractivity contribution in [3.63, 3.8) is 0 Å². The lowest BCUT2D eigenvalue weighted by Gasteiger charge is -2.35. The van der Waals surface area contributed by atoms with Crippen molar-refractivity contribution in [2.45, 2.75) is 78.1 Å². The van der Waals surface area contributed by atoms with Crippen LogP contribution in [0.3, 0.4) is 0 Å². The molecule has 0 saturated carbocycles. The van der Waals surface area contributed by atoms with Crippen LogP contribution in [0.15, 0.2) is 109 Å². The van der Waals surface area contributed by atoms with E-state index in [0.717, 1.165) is 49.5 Å². The minimum atomic E-state index is -1.01. The fourth-order valence-electron chi connectivity index (χ4n) is 7.70. The van der Waals surface area contributed by atoms with E-state index in [-0.39, 0.29) is 57.2 Å². The number of alkyl halides is 1. The second kappa shape index (κ2) is 22.1. The number of likely N-dealkylation sites (tertiary alicyclic amines) is 1. The third-order valence-electron chi connectivity index (χ3n) is 11.1. The number of benzene rings is 4. The van der Waals surface area contributed by atoms with Gasteiger partial charge in [0, 0.05) is 38.2 Å². The molecule has 0 aliphatic carbocycles. The molecule has 3 atom stereocenters. The Morgan fingerprint density at radius 3 is 2.14 bits per heavy atom. The van der Waals surface area contributed by atoms with Gasteiger partial charge in [-0.05, 0) is 82.0 Å². The van der Waals surface area contributed by atoms with Crippen LogP contribution in [0.2, 0.25) is 0 Å². The summed E-state index contributed by atoms with van der Waals surface area (Å²) in [5.74, 6) is -0.489. The summed E-state index contributed by atoms with van der Waals surface area (Å²) in [6.45, 7) is 7.98. The van der Waals surface area contributed by atoms with Crippen LogP contribution in [0.25, 0.3) is 21.6 Å². The second-order valence-electron chi connectivity index (χ2n) is 16.9. The lowest BCUT2D eigenvalue weighted by Crippen LogP contribution is -2.57. The first-order chi connectivity index (χ1) is 30.7. The molecule has 2 heterocycles. The van der Waals surface area contributed by atoms with Gasteiger partial charge in [-0.1, -0.05) is 99.6 Å². The van der Waals surface area contributed by atoms with Crippen LogP contribution in [0.5, 0.6) is 11.5 Å². The highest BCUT2D eigenvalue weighted by atomic mass is 35.5. The number of carbonyl (C=O) groups is 4. The van der Waals surface area contributed by atoms with Crippen LogP contribution < -0.4 is 20.7 Å². The van der Waals surface area contributed by atoms with Gasteiger partial charge in [0.1, 0.15) is 30.2 Å². The van der Waals surface area contributed by atoms with E-state index in [1.807, 2.05) is 107 Å². The van der Waals surface area contributed by atoms with Gasteiger partial charge in [-0.15, -0.1) is 22.9 Å². The fraction of sp³-hybridized carbons (Fsp3) is 0.340. The zero-order valence-electron chi connectivity index (χ0n) is 36.6. The summed E-state index contributed by atoms with van der Waals surface area (Å²) in [5.41, 5.74) is 8.94. The molecular formula is C50H56ClN5O7S. The highest BCUT2D eigenvalue weighted by Crippen LogP contribution is 2.36. The first kappa shape index (κ1) is 47.5. The van der Waals surface area contributed by atoms with E-state index in [2.05, 4.69) is 33.1 Å². The number of nitrogens with one attached hydrogen (secondary N) is 3. The Hall–Kier alpha value is -6.02. The maximum atomic E-state index is 14.0. The highest BCUT2D eigenvalue weighted by molar-refractivity contribution is 7.13. The van der Waals surface area contributed by atoms with Gasteiger partial charge < -0.3 is 35.8 Å². The molecule has 14 heteroatoms. The number of halogens is 1. The molecule has 1 aromatic heterocycles. The quantitative estimate of drug-likeness (QED) is 0.0342. The van der Waals surface area contributed by atoms with Gasteiger partial charge in [0.15, 0.2) is 0 Å². The SMILES string of the molecule is Cc1ncsc1-c1ccc(CNC(=O)[C@@H]2C[C@@H](O)CN2C(=O)[C@@H](NC(=O)CCC(=O)NCCOc2ccc(C(=C(CCCl)c3ccccc3)c3ccc(O)cc3)cc2)C(C)(C)C)cc1. The van der Waals surface area contributed by atoms with E-state index >= 15 is 0 Å². The topological polar surface area (TPSA) is 170 Å². The predicted octanol–water partition coefficient (Wildman–Crippen LogP) is 7.50. The average molecular weight is 907 g/mol. The number of phenols is 1. The van der Waals surface area contributed by atoms with Crippen molar-refractivity contribution in [2.75, 3.05) is 25.6 Å². The number of aromatic hydroxyl groups is 1. The van der Waals surface area contributed by atoms with Gasteiger partial charge in [0.25, 0.3) is 0 Å². The van der Waals surface area contributed by atoms with Crippen molar-refractivity contribution in [3.8, 4) is 21.9 Å². The number of amides is 4. The minimum absolute atomic E-state index is 0.0431. The Labute approximate surface area is 383 Å². The van der Waals surface area contributed by atoms with E-state index < -0.39 is 41.3 Å². The third kappa shape index (κ3) is 12.6. The number of hydrogen-bond donors (Lipinski definition) is 5. The summed E-state index contributed by atoms with van der Waals surface area (Å²) in [6.07, 6.45) is -0.458. The Bertz CT molecular complexity index is 2400. The summed E-state index contributed by atoms with van der Waals surface area (Å²) >= 11 is 7.85. The van der Waals surface area contributed by atoms with Crippen LogP contribution >= 0.6 is 22.9 Å². The second-order valence-corrected chi connectivity index (χ2v) is 18.1. The molecule has 0 spiro atoms. The lowest BCUT2D eigenvalue weighted by atomic mass is 9.85. The molecule has 0 unspecified atom stereocenters. The van der Waals surface area contributed by atoms with E-state index in [0.29, 0.717) is 18.1 Å². The van der Waals surface area contributed by atoms with E-state index in [1.165, 1.54) is 4.90 Å². The van der Waals surface area contributed by atoms with Gasteiger partial charge >= 0.3 is 0 Å². The number of phenolic OH excluding ortho intramolecular Hbond substituents is 1. The lowest BCUT2D eigenvalue weighted by molar-refractivity contribution is -0.144. The monoisotopic (exact) mass is 905 g/mol. The largest absolute Gasteiger partial charge is 0.508 e. The van der Waals surface area contributed by atoms with Crippen molar-refractivity contribution in [3.05, 3.63) is 137 Å². The third-order valence-corrected chi connectivity index (χ3v) is 12.2. The molecule has 0 bridgehead atoms. The van der Waals surface area contributed by atoms with Gasteiger partial charge in [-0.3, -0.25) is 19.2 Å². The highest BCUT2D eigenvalue weighted by Gasteiger charge is 2.44. The molecular weight excluding hydrogens is 850 g/mol. The maximum absolute atomic E-state index is 14.0. The van der Waals surface area contributed by atoms with E-state index in [4.69, 9.17) is 16.3 Å². The Morgan fingerprint density at radius 1 is 0.859 bits per heavy atom. The number of aryl methyl sites for hydroxylation is 1. The van der Waals surface area contributed by atoms with Gasteiger partial charge in [-0.25, -0.2) is 4.98 Å². The predicted molar refractivity (Wildman–Crippen MR) is 252 cm³/mol. The van der Waals surface area contributed by atoms with Crippen molar-refractivity contribution < 1.29 is 34.1 Å². The van der Waals surface area contributed by atoms with Crippen molar-refractivity contribution in [2.24, 2.45) is 5.41 Å². The maximum Gasteiger partial charge on any atom is 0.246 e.